The Morgan fingerprint density at radius 1 is 1.19 bits per heavy atom. The summed E-state index contributed by atoms with van der Waals surface area (Å²) in [4.78, 5) is 16.8. The smallest absolute Gasteiger partial charge is 0.386 e. The molecule has 0 aliphatic heterocycles. The molecule has 0 unspecified atom stereocenters. The standard InChI is InChI=1S/C20H18BrF3N6O/c21-13-4-7-16(15(11-13)20(22,23)24)28-18-19(31)30(10-9-27-18)14-5-1-12(2-6-14)3-8-17(25)29-26/h1-2,4-7,9-11H,3,8,26H2,(H2,25,29)(H,27,28). The second-order valence-electron chi connectivity index (χ2n) is 6.55. The quantitative estimate of drug-likeness (QED) is 0.208. The number of nitrogens with one attached hydrogen (secondary N) is 1. The van der Waals surface area contributed by atoms with Crippen LogP contribution in [-0.4, -0.2) is 15.4 Å². The second-order valence-corrected chi connectivity index (χ2v) is 7.47. The van der Waals surface area contributed by atoms with Gasteiger partial charge in [0.05, 0.1) is 11.3 Å². The van der Waals surface area contributed by atoms with Gasteiger partial charge in [0.25, 0.3) is 5.56 Å². The molecule has 31 heavy (non-hydrogen) atoms. The number of nitrogens with zero attached hydrogens (tertiary/aromatic N) is 3. The normalized spacial score (nSPS) is 12.1. The van der Waals surface area contributed by atoms with Crippen molar-refractivity contribution in [3.8, 4) is 5.69 Å². The van der Waals surface area contributed by atoms with Gasteiger partial charge in [0.2, 0.25) is 0 Å². The van der Waals surface area contributed by atoms with Gasteiger partial charge in [0.15, 0.2) is 5.82 Å². The summed E-state index contributed by atoms with van der Waals surface area (Å²) in [6.07, 6.45) is -0.716. The van der Waals surface area contributed by atoms with E-state index in [0.29, 0.717) is 24.4 Å². The molecule has 0 amide bonds. The molecule has 0 spiro atoms. The maximum absolute atomic E-state index is 13.4. The topological polar surface area (TPSA) is 111 Å². The minimum atomic E-state index is -4.60. The predicted octanol–water partition coefficient (Wildman–Crippen LogP) is 3.92. The van der Waals surface area contributed by atoms with Crippen molar-refractivity contribution in [3.63, 3.8) is 0 Å². The number of nitrogens with two attached hydrogens (primary N) is 2. The number of hydrogen-bond acceptors (Lipinski definition) is 5. The fourth-order valence-corrected chi connectivity index (χ4v) is 3.21. The molecule has 0 bridgehead atoms. The molecular formula is C20H18BrF3N6O. The zero-order valence-corrected chi connectivity index (χ0v) is 17.6. The molecule has 2 aromatic carbocycles. The van der Waals surface area contributed by atoms with Crippen molar-refractivity contribution in [3.05, 3.63) is 80.8 Å². The molecule has 0 radical (unpaired) electrons. The second kappa shape index (κ2) is 9.21. The first kappa shape index (κ1) is 22.3. The van der Waals surface area contributed by atoms with Crippen LogP contribution in [0.15, 0.2) is 69.2 Å². The zero-order chi connectivity index (χ0) is 22.6. The number of amidine groups is 1. The van der Waals surface area contributed by atoms with Crippen LogP contribution < -0.4 is 22.5 Å². The van der Waals surface area contributed by atoms with Gasteiger partial charge < -0.3 is 16.9 Å². The summed E-state index contributed by atoms with van der Waals surface area (Å²) in [6, 6.07) is 10.7. The van der Waals surface area contributed by atoms with E-state index in [4.69, 9.17) is 11.6 Å². The maximum Gasteiger partial charge on any atom is 0.418 e. The van der Waals surface area contributed by atoms with Gasteiger partial charge in [-0.2, -0.15) is 18.3 Å². The number of benzene rings is 2. The van der Waals surface area contributed by atoms with E-state index in [0.717, 1.165) is 11.6 Å². The van der Waals surface area contributed by atoms with Crippen LogP contribution in [0.25, 0.3) is 5.69 Å². The summed E-state index contributed by atoms with van der Waals surface area (Å²) in [5.41, 5.74) is 5.30. The predicted molar refractivity (Wildman–Crippen MR) is 116 cm³/mol. The lowest BCUT2D eigenvalue weighted by molar-refractivity contribution is -0.137. The summed E-state index contributed by atoms with van der Waals surface area (Å²) < 4.78 is 41.6. The third-order valence-electron chi connectivity index (χ3n) is 4.43. The Balaban J connectivity index is 1.89. The van der Waals surface area contributed by atoms with E-state index in [1.54, 1.807) is 12.1 Å². The Bertz CT molecular complexity index is 1160. The Labute approximate surface area is 183 Å². The molecule has 0 fully saturated rings. The van der Waals surface area contributed by atoms with E-state index in [1.807, 2.05) is 12.1 Å². The average Bonchev–Trinajstić information content (AvgIpc) is 2.74. The minimum absolute atomic E-state index is 0.230. The first-order chi connectivity index (χ1) is 14.7. The summed E-state index contributed by atoms with van der Waals surface area (Å²) in [7, 11) is 0. The average molecular weight is 495 g/mol. The summed E-state index contributed by atoms with van der Waals surface area (Å²) in [5.74, 6) is 5.21. The Morgan fingerprint density at radius 3 is 2.55 bits per heavy atom. The van der Waals surface area contributed by atoms with Crippen LogP contribution in [0.3, 0.4) is 0 Å². The van der Waals surface area contributed by atoms with E-state index >= 15 is 0 Å². The molecule has 0 saturated carbocycles. The van der Waals surface area contributed by atoms with E-state index in [1.165, 1.54) is 29.1 Å². The molecule has 1 heterocycles. The third kappa shape index (κ3) is 5.43. The molecular weight excluding hydrogens is 477 g/mol. The van der Waals surface area contributed by atoms with Crippen LogP contribution in [-0.2, 0) is 12.6 Å². The summed E-state index contributed by atoms with van der Waals surface area (Å²) in [6.45, 7) is 0. The SMILES string of the molecule is N/N=C(\N)CCc1ccc(-n2ccnc(Nc3ccc(Br)cc3C(F)(F)F)c2=O)cc1. The molecule has 0 atom stereocenters. The first-order valence-electron chi connectivity index (χ1n) is 9.02. The molecule has 162 valence electrons. The maximum atomic E-state index is 13.4. The van der Waals surface area contributed by atoms with E-state index in [2.05, 4.69) is 31.3 Å². The van der Waals surface area contributed by atoms with Gasteiger partial charge in [-0.25, -0.2) is 4.98 Å². The summed E-state index contributed by atoms with van der Waals surface area (Å²) >= 11 is 3.03. The van der Waals surface area contributed by atoms with Crippen molar-refractivity contribution in [2.24, 2.45) is 16.7 Å². The number of alkyl halides is 3. The number of hydrogen-bond donors (Lipinski definition) is 3. The van der Waals surface area contributed by atoms with Crippen LogP contribution in [0.5, 0.6) is 0 Å². The molecule has 0 saturated heterocycles. The van der Waals surface area contributed by atoms with Crippen LogP contribution in [0, 0.1) is 0 Å². The van der Waals surface area contributed by atoms with Crippen molar-refractivity contribution in [1.29, 1.82) is 0 Å². The number of anilines is 2. The highest BCUT2D eigenvalue weighted by Gasteiger charge is 2.34. The van der Waals surface area contributed by atoms with Gasteiger partial charge in [-0.15, -0.1) is 0 Å². The molecule has 1 aromatic heterocycles. The number of aryl methyl sites for hydroxylation is 1. The number of hydrazone groups is 1. The Hall–Kier alpha value is -3.34. The van der Waals surface area contributed by atoms with Crippen LogP contribution in [0.4, 0.5) is 24.7 Å². The molecule has 11 heteroatoms. The number of halogens is 4. The molecule has 5 N–H and O–H groups in total. The molecule has 3 rings (SSSR count). The highest BCUT2D eigenvalue weighted by Crippen LogP contribution is 2.37. The lowest BCUT2D eigenvalue weighted by Crippen LogP contribution is -2.22. The van der Waals surface area contributed by atoms with Crippen LogP contribution in [0.1, 0.15) is 17.5 Å². The lowest BCUT2D eigenvalue weighted by atomic mass is 10.1. The fourth-order valence-electron chi connectivity index (χ4n) is 2.85. The van der Waals surface area contributed by atoms with Gasteiger partial charge >= 0.3 is 6.18 Å². The molecule has 0 aliphatic carbocycles. The minimum Gasteiger partial charge on any atom is -0.386 e. The van der Waals surface area contributed by atoms with E-state index in [-0.39, 0.29) is 16.0 Å². The van der Waals surface area contributed by atoms with Crippen molar-refractivity contribution >= 4 is 33.3 Å². The van der Waals surface area contributed by atoms with Gasteiger partial charge in [0.1, 0.15) is 5.84 Å². The van der Waals surface area contributed by atoms with Gasteiger partial charge in [-0.1, -0.05) is 28.1 Å². The van der Waals surface area contributed by atoms with Crippen molar-refractivity contribution in [2.75, 3.05) is 5.32 Å². The van der Waals surface area contributed by atoms with E-state index in [9.17, 15) is 18.0 Å². The Kier molecular flexibility index (Phi) is 6.64. The highest BCUT2D eigenvalue weighted by molar-refractivity contribution is 9.10. The van der Waals surface area contributed by atoms with Gasteiger partial charge in [0, 0.05) is 29.0 Å². The summed E-state index contributed by atoms with van der Waals surface area (Å²) in [5, 5.41) is 5.92. The van der Waals surface area contributed by atoms with Crippen molar-refractivity contribution in [2.45, 2.75) is 19.0 Å². The van der Waals surface area contributed by atoms with Crippen LogP contribution in [0.2, 0.25) is 0 Å². The number of rotatable bonds is 6. The first-order valence-corrected chi connectivity index (χ1v) is 9.81. The van der Waals surface area contributed by atoms with E-state index < -0.39 is 17.3 Å². The Morgan fingerprint density at radius 2 is 1.90 bits per heavy atom. The number of aromatic nitrogens is 2. The van der Waals surface area contributed by atoms with Crippen molar-refractivity contribution in [1.82, 2.24) is 9.55 Å². The third-order valence-corrected chi connectivity index (χ3v) is 4.92. The van der Waals surface area contributed by atoms with Gasteiger partial charge in [-0.3, -0.25) is 9.36 Å². The van der Waals surface area contributed by atoms with Gasteiger partial charge in [-0.05, 0) is 42.3 Å². The monoisotopic (exact) mass is 494 g/mol. The lowest BCUT2D eigenvalue weighted by Gasteiger charge is -2.15. The molecule has 7 nitrogen and oxygen atoms in total. The highest BCUT2D eigenvalue weighted by atomic mass is 79.9. The molecule has 0 aliphatic rings. The largest absolute Gasteiger partial charge is 0.418 e. The molecule has 3 aromatic rings. The van der Waals surface area contributed by atoms with Crippen molar-refractivity contribution < 1.29 is 13.2 Å². The zero-order valence-electron chi connectivity index (χ0n) is 16.0. The fraction of sp³-hybridized carbons (Fsp3) is 0.150. The van der Waals surface area contributed by atoms with Crippen LogP contribution >= 0.6 is 15.9 Å².